The maximum absolute atomic E-state index is 8.85. The fraction of sp³-hybridized carbons (Fsp3) is 0.786. The molecule has 0 radical (unpaired) electrons. The van der Waals surface area contributed by atoms with E-state index in [0.717, 1.165) is 43.7 Å². The summed E-state index contributed by atoms with van der Waals surface area (Å²) < 4.78 is 1.98. The number of hydrogen-bond acceptors (Lipinski definition) is 4. The lowest BCUT2D eigenvalue weighted by Crippen LogP contribution is -2.16. The summed E-state index contributed by atoms with van der Waals surface area (Å²) in [7, 11) is 4.14. The Kier molecular flexibility index (Phi) is 6.51. The van der Waals surface area contributed by atoms with Gasteiger partial charge in [0.25, 0.3) is 0 Å². The second-order valence-electron chi connectivity index (χ2n) is 5.63. The molecule has 0 aromatic carbocycles. The molecule has 0 aliphatic heterocycles. The maximum atomic E-state index is 8.85. The lowest BCUT2D eigenvalue weighted by molar-refractivity contribution is 0.375. The van der Waals surface area contributed by atoms with Gasteiger partial charge in [0.1, 0.15) is 0 Å². The van der Waals surface area contributed by atoms with Crippen LogP contribution in [0, 0.1) is 17.2 Å². The van der Waals surface area contributed by atoms with E-state index in [2.05, 4.69) is 49.2 Å². The Balaban J connectivity index is 2.70. The zero-order valence-corrected chi connectivity index (χ0v) is 12.6. The van der Waals surface area contributed by atoms with Crippen molar-refractivity contribution in [3.8, 4) is 6.07 Å². The van der Waals surface area contributed by atoms with Crippen LogP contribution in [-0.2, 0) is 19.4 Å². The minimum absolute atomic E-state index is 0.362. The van der Waals surface area contributed by atoms with Gasteiger partial charge < -0.3 is 4.90 Å². The van der Waals surface area contributed by atoms with Gasteiger partial charge in [-0.25, -0.2) is 4.68 Å². The standard InChI is InChI=1S/C14H25N5/c1-12(2)6-7-14-13(8-9-15)16-17-19(14)11-5-10-18(3)4/h12H,5-8,10-11H2,1-4H3. The topological polar surface area (TPSA) is 57.7 Å². The molecule has 1 heterocycles. The Morgan fingerprint density at radius 1 is 1.37 bits per heavy atom. The highest BCUT2D eigenvalue weighted by Gasteiger charge is 2.13. The van der Waals surface area contributed by atoms with Crippen LogP contribution in [0.25, 0.3) is 0 Å². The number of aryl methyl sites for hydroxylation is 1. The van der Waals surface area contributed by atoms with Crippen molar-refractivity contribution in [3.05, 3.63) is 11.4 Å². The highest BCUT2D eigenvalue weighted by atomic mass is 15.4. The fourth-order valence-corrected chi connectivity index (χ4v) is 2.00. The van der Waals surface area contributed by atoms with E-state index < -0.39 is 0 Å². The first kappa shape index (κ1) is 15.6. The van der Waals surface area contributed by atoms with E-state index in [-0.39, 0.29) is 0 Å². The molecule has 0 fully saturated rings. The molecule has 0 saturated heterocycles. The van der Waals surface area contributed by atoms with Gasteiger partial charge in [-0.3, -0.25) is 0 Å². The van der Waals surface area contributed by atoms with Gasteiger partial charge in [0, 0.05) is 6.54 Å². The third-order valence-corrected chi connectivity index (χ3v) is 3.10. The zero-order chi connectivity index (χ0) is 14.3. The first-order chi connectivity index (χ1) is 9.04. The van der Waals surface area contributed by atoms with Crippen LogP contribution in [0.2, 0.25) is 0 Å². The van der Waals surface area contributed by atoms with Gasteiger partial charge in [0.15, 0.2) is 0 Å². The molecule has 19 heavy (non-hydrogen) atoms. The van der Waals surface area contributed by atoms with E-state index in [0.29, 0.717) is 12.3 Å². The van der Waals surface area contributed by atoms with Gasteiger partial charge in [-0.1, -0.05) is 19.1 Å². The van der Waals surface area contributed by atoms with Crippen molar-refractivity contribution < 1.29 is 0 Å². The molecule has 0 bridgehead atoms. The highest BCUT2D eigenvalue weighted by Crippen LogP contribution is 2.13. The SMILES string of the molecule is CC(C)CCc1c(CC#N)nnn1CCCN(C)C. The van der Waals surface area contributed by atoms with Gasteiger partial charge in [0.2, 0.25) is 0 Å². The molecule has 0 saturated carbocycles. The summed E-state index contributed by atoms with van der Waals surface area (Å²) >= 11 is 0. The van der Waals surface area contributed by atoms with Crippen LogP contribution in [0.4, 0.5) is 0 Å². The van der Waals surface area contributed by atoms with Crippen molar-refractivity contribution >= 4 is 0 Å². The Morgan fingerprint density at radius 2 is 2.11 bits per heavy atom. The first-order valence-corrected chi connectivity index (χ1v) is 6.97. The predicted octanol–water partition coefficient (Wildman–Crippen LogP) is 1.88. The van der Waals surface area contributed by atoms with Crippen LogP contribution in [0.1, 0.15) is 38.1 Å². The zero-order valence-electron chi connectivity index (χ0n) is 12.6. The van der Waals surface area contributed by atoms with Gasteiger partial charge in [-0.15, -0.1) is 5.10 Å². The second kappa shape index (κ2) is 7.90. The Labute approximate surface area is 116 Å². The van der Waals surface area contributed by atoms with Crippen LogP contribution in [0.5, 0.6) is 0 Å². The summed E-state index contributed by atoms with van der Waals surface area (Å²) in [5, 5.41) is 17.2. The van der Waals surface area contributed by atoms with E-state index >= 15 is 0 Å². The van der Waals surface area contributed by atoms with Crippen molar-refractivity contribution in [3.63, 3.8) is 0 Å². The van der Waals surface area contributed by atoms with Crippen molar-refractivity contribution in [1.29, 1.82) is 5.26 Å². The number of nitrogens with zero attached hydrogens (tertiary/aromatic N) is 5. The minimum atomic E-state index is 0.362. The van der Waals surface area contributed by atoms with E-state index in [1.807, 2.05) is 4.68 Å². The summed E-state index contributed by atoms with van der Waals surface area (Å²) in [6.45, 7) is 6.34. The lowest BCUT2D eigenvalue weighted by Gasteiger charge is -2.11. The van der Waals surface area contributed by atoms with Gasteiger partial charge in [-0.05, 0) is 45.8 Å². The molecule has 0 amide bonds. The van der Waals surface area contributed by atoms with Crippen molar-refractivity contribution in [1.82, 2.24) is 19.9 Å². The summed E-state index contributed by atoms with van der Waals surface area (Å²) in [6.07, 6.45) is 3.49. The average molecular weight is 263 g/mol. The largest absolute Gasteiger partial charge is 0.309 e. The lowest BCUT2D eigenvalue weighted by atomic mass is 10.0. The Hall–Kier alpha value is -1.41. The van der Waals surface area contributed by atoms with E-state index in [1.54, 1.807) is 0 Å². The van der Waals surface area contributed by atoms with Gasteiger partial charge in [0.05, 0.1) is 23.9 Å². The molecule has 106 valence electrons. The minimum Gasteiger partial charge on any atom is -0.309 e. The van der Waals surface area contributed by atoms with Crippen LogP contribution in [0.3, 0.4) is 0 Å². The molecule has 5 heteroatoms. The normalized spacial score (nSPS) is 11.2. The molecule has 0 N–H and O–H groups in total. The van der Waals surface area contributed by atoms with Crippen LogP contribution < -0.4 is 0 Å². The molecule has 0 spiro atoms. The third-order valence-electron chi connectivity index (χ3n) is 3.10. The van der Waals surface area contributed by atoms with Crippen molar-refractivity contribution in [2.24, 2.45) is 5.92 Å². The maximum Gasteiger partial charge on any atom is 0.0999 e. The molecule has 1 rings (SSSR count). The Morgan fingerprint density at radius 3 is 2.68 bits per heavy atom. The molecule has 1 aromatic heterocycles. The summed E-state index contributed by atoms with van der Waals surface area (Å²) in [4.78, 5) is 2.17. The predicted molar refractivity (Wildman–Crippen MR) is 75.7 cm³/mol. The quantitative estimate of drug-likeness (QED) is 0.718. The average Bonchev–Trinajstić information content (AvgIpc) is 2.69. The van der Waals surface area contributed by atoms with Crippen LogP contribution >= 0.6 is 0 Å². The van der Waals surface area contributed by atoms with Crippen LogP contribution in [-0.4, -0.2) is 40.5 Å². The molecule has 0 aliphatic carbocycles. The van der Waals surface area contributed by atoms with Crippen molar-refractivity contribution in [2.75, 3.05) is 20.6 Å². The third kappa shape index (κ3) is 5.39. The molecule has 0 aliphatic rings. The fourth-order valence-electron chi connectivity index (χ4n) is 2.00. The molecule has 0 atom stereocenters. The summed E-state index contributed by atoms with van der Waals surface area (Å²) in [5.74, 6) is 0.653. The summed E-state index contributed by atoms with van der Waals surface area (Å²) in [6, 6.07) is 2.18. The second-order valence-corrected chi connectivity index (χ2v) is 5.63. The molecular formula is C14H25N5. The first-order valence-electron chi connectivity index (χ1n) is 6.97. The summed E-state index contributed by atoms with van der Waals surface area (Å²) in [5.41, 5.74) is 2.00. The number of rotatable bonds is 8. The highest BCUT2D eigenvalue weighted by molar-refractivity contribution is 5.14. The monoisotopic (exact) mass is 263 g/mol. The van der Waals surface area contributed by atoms with Gasteiger partial charge >= 0.3 is 0 Å². The molecule has 1 aromatic rings. The number of nitriles is 1. The van der Waals surface area contributed by atoms with Crippen LogP contribution in [0.15, 0.2) is 0 Å². The van der Waals surface area contributed by atoms with E-state index in [4.69, 9.17) is 5.26 Å². The number of hydrogen-bond donors (Lipinski definition) is 0. The van der Waals surface area contributed by atoms with E-state index in [9.17, 15) is 0 Å². The van der Waals surface area contributed by atoms with E-state index in [1.165, 1.54) is 0 Å². The molecule has 5 nitrogen and oxygen atoms in total. The van der Waals surface area contributed by atoms with Gasteiger partial charge in [-0.2, -0.15) is 5.26 Å². The molecule has 0 unspecified atom stereocenters. The number of aromatic nitrogens is 3. The Bertz CT molecular complexity index is 414. The smallest absolute Gasteiger partial charge is 0.0999 e. The molecular weight excluding hydrogens is 238 g/mol. The van der Waals surface area contributed by atoms with Crippen molar-refractivity contribution in [2.45, 2.75) is 46.1 Å².